The summed E-state index contributed by atoms with van der Waals surface area (Å²) in [7, 11) is 0. The lowest BCUT2D eigenvalue weighted by atomic mass is 9.85. The van der Waals surface area contributed by atoms with Gasteiger partial charge in [-0.25, -0.2) is 9.79 Å². The molecule has 2 aromatic carbocycles. The first-order valence-electron chi connectivity index (χ1n) is 16.6. The fourth-order valence-electron chi connectivity index (χ4n) is 6.10. The monoisotopic (exact) mass is 652 g/mol. The van der Waals surface area contributed by atoms with Gasteiger partial charge in [-0.05, 0) is 80.0 Å². The predicted molar refractivity (Wildman–Crippen MR) is 188 cm³/mol. The van der Waals surface area contributed by atoms with Crippen molar-refractivity contribution in [3.05, 3.63) is 101 Å². The molecule has 0 bridgehead atoms. The van der Waals surface area contributed by atoms with Crippen LogP contribution in [-0.2, 0) is 6.61 Å². The van der Waals surface area contributed by atoms with Crippen LogP contribution in [0.2, 0.25) is 0 Å². The Morgan fingerprint density at radius 3 is 2.58 bits per heavy atom. The lowest BCUT2D eigenvalue weighted by molar-refractivity contribution is 0.170. The number of nitrogens with zero attached hydrogens (tertiary/aromatic N) is 3. The van der Waals surface area contributed by atoms with E-state index < -0.39 is 6.03 Å². The molecule has 2 amide bonds. The highest BCUT2D eigenvalue weighted by Crippen LogP contribution is 2.38. The molecular weight excluding hydrogens is 604 g/mol. The average Bonchev–Trinajstić information content (AvgIpc) is 3.06. The maximum absolute atomic E-state index is 13.4. The summed E-state index contributed by atoms with van der Waals surface area (Å²) in [5.74, 6) is 1.16. The van der Waals surface area contributed by atoms with Crippen LogP contribution in [0.1, 0.15) is 88.6 Å². The van der Waals surface area contributed by atoms with Crippen molar-refractivity contribution in [2.75, 3.05) is 6.54 Å². The number of hydrogen-bond donors (Lipinski definition) is 6. The van der Waals surface area contributed by atoms with E-state index in [1.54, 1.807) is 53.2 Å². The third kappa shape index (κ3) is 8.32. The van der Waals surface area contributed by atoms with Crippen molar-refractivity contribution < 1.29 is 14.6 Å². The number of likely N-dealkylation sites (tertiary alicyclic amines) is 1. The lowest BCUT2D eigenvalue weighted by Gasteiger charge is -2.36. The highest BCUT2D eigenvalue weighted by atomic mass is 16.5. The van der Waals surface area contributed by atoms with Crippen LogP contribution < -0.4 is 26.6 Å². The molecule has 1 aliphatic carbocycles. The normalized spacial score (nSPS) is 20.1. The molecule has 2 aliphatic rings. The van der Waals surface area contributed by atoms with Gasteiger partial charge in [0.05, 0.1) is 24.5 Å². The largest absolute Gasteiger partial charge is 0.484 e. The highest BCUT2D eigenvalue weighted by Gasteiger charge is 2.30. The number of pyridine rings is 1. The standard InChI is InChI=1S/C37H48N8O3/c1-24-10-7-8-19-44(24)35(40)45-22-27(15-18-33(45)39)48-31-17-16-30(28-13-5-6-14-29(28)31)42-36(47)43-34(21-32(38)37(2,3)4)41-26-12-9-11-25(20-26)23-46/h5-6,9,11-15,18,20-22,24,30-31,39-40,46H,7-8,10,16-17,19,23,38H2,1-4H3,(H2,41,42,43,47)/t24-,30-,31+/m0/s1. The van der Waals surface area contributed by atoms with Crippen molar-refractivity contribution in [2.24, 2.45) is 16.1 Å². The summed E-state index contributed by atoms with van der Waals surface area (Å²) in [6.07, 6.45) is 7.66. The summed E-state index contributed by atoms with van der Waals surface area (Å²) < 4.78 is 8.10. The number of urea groups is 1. The zero-order chi connectivity index (χ0) is 34.4. The minimum absolute atomic E-state index is 0.116. The van der Waals surface area contributed by atoms with Gasteiger partial charge in [0.2, 0.25) is 5.96 Å². The number of nitrogens with two attached hydrogens (primary N) is 1. The molecule has 3 aromatic rings. The number of benzene rings is 2. The Hall–Kier alpha value is -4.90. The molecule has 5 rings (SSSR count). The van der Waals surface area contributed by atoms with E-state index in [1.165, 1.54) is 0 Å². The molecule has 7 N–H and O–H groups in total. The van der Waals surface area contributed by atoms with Gasteiger partial charge >= 0.3 is 6.03 Å². The number of carbonyl (C=O) groups is 1. The lowest BCUT2D eigenvalue weighted by Crippen LogP contribution is -2.47. The summed E-state index contributed by atoms with van der Waals surface area (Å²) in [6.45, 7) is 8.78. The molecule has 48 heavy (non-hydrogen) atoms. The third-order valence-electron chi connectivity index (χ3n) is 8.99. The Kier molecular flexibility index (Phi) is 10.7. The smallest absolute Gasteiger partial charge is 0.320 e. The van der Waals surface area contributed by atoms with E-state index >= 15 is 0 Å². The quantitative estimate of drug-likeness (QED) is 0.142. The number of aliphatic imine (C=N–C) groups is 1. The first-order valence-corrected chi connectivity index (χ1v) is 16.6. The first kappa shape index (κ1) is 34.4. The predicted octanol–water partition coefficient (Wildman–Crippen LogP) is 5.99. The van der Waals surface area contributed by atoms with Crippen LogP contribution in [0.15, 0.2) is 83.6 Å². The number of hydrogen-bond acceptors (Lipinski definition) is 7. The van der Waals surface area contributed by atoms with Crippen LogP contribution in [0, 0.1) is 16.2 Å². The summed E-state index contributed by atoms with van der Waals surface area (Å²) in [6, 6.07) is 18.1. The van der Waals surface area contributed by atoms with Crippen LogP contribution in [0.25, 0.3) is 0 Å². The SMILES string of the molecule is C[C@H]1CCCCN1C(=N)n1cc(O[C@@H]2CC[C@H](NC(=O)NC(C=C(N)C(C)(C)C)=Nc3cccc(CO)c3)c3ccccc32)ccc1=N. The molecule has 1 aliphatic heterocycles. The molecule has 254 valence electrons. The molecule has 2 heterocycles. The molecule has 0 radical (unpaired) electrons. The zero-order valence-electron chi connectivity index (χ0n) is 28.3. The number of fused-ring (bicyclic) bond motifs is 1. The van der Waals surface area contributed by atoms with Crippen molar-refractivity contribution >= 4 is 23.5 Å². The van der Waals surface area contributed by atoms with Crippen LogP contribution in [0.5, 0.6) is 5.75 Å². The molecule has 11 heteroatoms. The van der Waals surface area contributed by atoms with E-state index in [-0.39, 0.29) is 41.5 Å². The van der Waals surface area contributed by atoms with Crippen molar-refractivity contribution in [1.29, 1.82) is 10.8 Å². The van der Waals surface area contributed by atoms with Gasteiger partial charge in [0.25, 0.3) is 0 Å². The number of rotatable bonds is 6. The molecular formula is C37H48N8O3. The third-order valence-corrected chi connectivity index (χ3v) is 8.99. The maximum atomic E-state index is 13.4. The second-order valence-electron chi connectivity index (χ2n) is 13.6. The average molecular weight is 653 g/mol. The van der Waals surface area contributed by atoms with Crippen molar-refractivity contribution in [2.45, 2.75) is 84.6 Å². The van der Waals surface area contributed by atoms with E-state index in [4.69, 9.17) is 21.3 Å². The van der Waals surface area contributed by atoms with E-state index in [9.17, 15) is 9.90 Å². The van der Waals surface area contributed by atoms with E-state index in [1.807, 2.05) is 45.0 Å². The summed E-state index contributed by atoms with van der Waals surface area (Å²) in [4.78, 5) is 20.1. The Labute approximate surface area is 282 Å². The minimum Gasteiger partial charge on any atom is -0.484 e. The molecule has 1 fully saturated rings. The zero-order valence-corrected chi connectivity index (χ0v) is 28.3. The molecule has 11 nitrogen and oxygen atoms in total. The van der Waals surface area contributed by atoms with E-state index in [0.29, 0.717) is 41.5 Å². The van der Waals surface area contributed by atoms with Gasteiger partial charge in [-0.15, -0.1) is 0 Å². The number of aliphatic hydroxyl groups excluding tert-OH is 1. The molecule has 0 unspecified atom stereocenters. The summed E-state index contributed by atoms with van der Waals surface area (Å²) in [5.41, 5.74) is 10.0. The Morgan fingerprint density at radius 2 is 1.85 bits per heavy atom. The van der Waals surface area contributed by atoms with Crippen molar-refractivity contribution in [3.63, 3.8) is 0 Å². The van der Waals surface area contributed by atoms with Gasteiger partial charge in [-0.2, -0.15) is 0 Å². The number of amides is 2. The Bertz CT molecular complexity index is 1760. The molecule has 1 aromatic heterocycles. The van der Waals surface area contributed by atoms with Gasteiger partial charge in [-0.1, -0.05) is 57.2 Å². The van der Waals surface area contributed by atoms with Gasteiger partial charge < -0.3 is 25.8 Å². The molecule has 0 saturated carbocycles. The minimum atomic E-state index is -0.415. The van der Waals surface area contributed by atoms with Crippen molar-refractivity contribution in [3.8, 4) is 5.75 Å². The number of amidine groups is 1. The number of carbonyl (C=O) groups excluding carboxylic acids is 1. The second kappa shape index (κ2) is 14.9. The first-order chi connectivity index (χ1) is 22.9. The molecule has 3 atom stereocenters. The maximum Gasteiger partial charge on any atom is 0.320 e. The highest BCUT2D eigenvalue weighted by molar-refractivity contribution is 6.05. The summed E-state index contributed by atoms with van der Waals surface area (Å²) >= 11 is 0. The Balaban J connectivity index is 1.33. The second-order valence-corrected chi connectivity index (χ2v) is 13.6. The number of piperidine rings is 1. The van der Waals surface area contributed by atoms with Crippen LogP contribution >= 0.6 is 0 Å². The van der Waals surface area contributed by atoms with Gasteiger partial charge in [-0.3, -0.25) is 20.7 Å². The van der Waals surface area contributed by atoms with Gasteiger partial charge in [0, 0.05) is 29.8 Å². The number of aliphatic hydroxyl groups is 1. The van der Waals surface area contributed by atoms with E-state index in [0.717, 1.165) is 36.9 Å². The van der Waals surface area contributed by atoms with Crippen LogP contribution in [0.3, 0.4) is 0 Å². The number of aromatic nitrogens is 1. The number of ether oxygens (including phenoxy) is 1. The fraction of sp³-hybridized carbons (Fsp3) is 0.405. The van der Waals surface area contributed by atoms with Gasteiger partial charge in [0.15, 0.2) is 0 Å². The topological polar surface area (TPSA) is 165 Å². The summed E-state index contributed by atoms with van der Waals surface area (Å²) in [5, 5.41) is 32.9. The molecule has 1 saturated heterocycles. The van der Waals surface area contributed by atoms with E-state index in [2.05, 4.69) is 27.4 Å². The molecule has 0 spiro atoms. The number of allylic oxidation sites excluding steroid dienone is 1. The Morgan fingerprint density at radius 1 is 1.08 bits per heavy atom. The van der Waals surface area contributed by atoms with Gasteiger partial charge in [0.1, 0.15) is 23.2 Å². The fourth-order valence-corrected chi connectivity index (χ4v) is 6.10. The van der Waals surface area contributed by atoms with Crippen molar-refractivity contribution in [1.82, 2.24) is 20.1 Å². The van der Waals surface area contributed by atoms with Crippen LogP contribution in [0.4, 0.5) is 10.5 Å². The number of nitrogens with one attached hydrogen (secondary N) is 4. The van der Waals surface area contributed by atoms with Crippen LogP contribution in [-0.4, -0.2) is 45.0 Å².